The molecule has 1 N–H and O–H groups in total. The number of nitrogens with one attached hydrogen (secondary N) is 1. The van der Waals surface area contributed by atoms with Crippen molar-refractivity contribution in [2.75, 3.05) is 0 Å². The van der Waals surface area contributed by atoms with E-state index in [1.807, 2.05) is 10.7 Å². The van der Waals surface area contributed by atoms with Crippen LogP contribution < -0.4 is 5.32 Å². The van der Waals surface area contributed by atoms with Gasteiger partial charge in [-0.2, -0.15) is 5.10 Å². The fourth-order valence-corrected chi connectivity index (χ4v) is 2.92. The minimum Gasteiger partial charge on any atom is -0.302 e. The molecule has 104 valence electrons. The summed E-state index contributed by atoms with van der Waals surface area (Å²) in [6.45, 7) is 8.09. The molecule has 0 aliphatic rings. The highest BCUT2D eigenvalue weighted by atomic mass is 35.5. The van der Waals surface area contributed by atoms with Gasteiger partial charge in [-0.1, -0.05) is 25.4 Å². The Kier molecular flexibility index (Phi) is 4.96. The third-order valence-electron chi connectivity index (χ3n) is 2.82. The molecule has 6 heteroatoms. The lowest BCUT2D eigenvalue weighted by Gasteiger charge is -2.13. The topological polar surface area (TPSA) is 42.7 Å². The van der Waals surface area contributed by atoms with Crippen LogP contribution in [-0.4, -0.2) is 14.8 Å². The van der Waals surface area contributed by atoms with Crippen molar-refractivity contribution in [1.29, 1.82) is 0 Å². The van der Waals surface area contributed by atoms with Crippen LogP contribution in [0.15, 0.2) is 18.5 Å². The molecule has 0 radical (unpaired) electrons. The third kappa shape index (κ3) is 4.03. The zero-order chi connectivity index (χ0) is 13.8. The van der Waals surface area contributed by atoms with Crippen LogP contribution in [-0.2, 0) is 13.1 Å². The summed E-state index contributed by atoms with van der Waals surface area (Å²) in [5.41, 5.74) is 0. The van der Waals surface area contributed by atoms with Crippen molar-refractivity contribution < 1.29 is 0 Å². The van der Waals surface area contributed by atoms with Gasteiger partial charge in [-0.15, -0.1) is 11.3 Å². The highest BCUT2D eigenvalue weighted by Gasteiger charge is 2.10. The lowest BCUT2D eigenvalue weighted by Crippen LogP contribution is -2.21. The van der Waals surface area contributed by atoms with Gasteiger partial charge in [-0.3, -0.25) is 0 Å². The summed E-state index contributed by atoms with van der Waals surface area (Å²) < 4.78 is 2.79. The van der Waals surface area contributed by atoms with E-state index < -0.39 is 0 Å². The monoisotopic (exact) mass is 298 g/mol. The molecular weight excluding hydrogens is 280 g/mol. The number of hydrogen-bond donors (Lipinski definition) is 1. The van der Waals surface area contributed by atoms with E-state index in [9.17, 15) is 0 Å². The predicted octanol–water partition coefficient (Wildman–Crippen LogP) is 3.50. The van der Waals surface area contributed by atoms with E-state index in [0.717, 1.165) is 16.7 Å². The minimum absolute atomic E-state index is 0.265. The second-order valence-corrected chi connectivity index (χ2v) is 6.74. The number of rotatable bonds is 6. The fraction of sp³-hybridized carbons (Fsp3) is 0.538. The van der Waals surface area contributed by atoms with Crippen LogP contribution in [0.1, 0.15) is 37.5 Å². The summed E-state index contributed by atoms with van der Waals surface area (Å²) >= 11 is 7.56. The van der Waals surface area contributed by atoms with Crippen molar-refractivity contribution in [3.8, 4) is 0 Å². The molecule has 2 aromatic heterocycles. The van der Waals surface area contributed by atoms with E-state index in [2.05, 4.69) is 42.2 Å². The number of aromatic nitrogens is 3. The molecule has 2 heterocycles. The standard InChI is InChI=1S/C13H19ClN4S/c1-9(2)7-18-13(16-8-17-18)6-15-10(3)11-4-5-12(14)19-11/h4-5,8-10,15H,6-7H2,1-3H3. The van der Waals surface area contributed by atoms with Gasteiger partial charge in [0.2, 0.25) is 0 Å². The first-order chi connectivity index (χ1) is 9.06. The molecule has 0 spiro atoms. The van der Waals surface area contributed by atoms with Crippen LogP contribution in [0.2, 0.25) is 4.34 Å². The van der Waals surface area contributed by atoms with Crippen LogP contribution in [0.5, 0.6) is 0 Å². The maximum absolute atomic E-state index is 5.95. The van der Waals surface area contributed by atoms with Gasteiger partial charge in [0.1, 0.15) is 12.2 Å². The molecule has 0 fully saturated rings. The first-order valence-corrected chi connectivity index (χ1v) is 7.61. The van der Waals surface area contributed by atoms with E-state index in [1.54, 1.807) is 17.7 Å². The Labute approximate surface area is 122 Å². The van der Waals surface area contributed by atoms with E-state index in [1.165, 1.54) is 4.88 Å². The van der Waals surface area contributed by atoms with Crippen molar-refractivity contribution in [3.05, 3.63) is 33.5 Å². The Morgan fingerprint density at radius 3 is 2.79 bits per heavy atom. The molecule has 4 nitrogen and oxygen atoms in total. The second-order valence-electron chi connectivity index (χ2n) is 5.00. The first kappa shape index (κ1) is 14.5. The van der Waals surface area contributed by atoms with Crippen LogP contribution in [0, 0.1) is 5.92 Å². The molecule has 2 rings (SSSR count). The maximum atomic E-state index is 5.95. The molecule has 0 bridgehead atoms. The van der Waals surface area contributed by atoms with Crippen LogP contribution in [0.4, 0.5) is 0 Å². The summed E-state index contributed by atoms with van der Waals surface area (Å²) in [6, 6.07) is 4.26. The third-order valence-corrected chi connectivity index (χ3v) is 4.23. The maximum Gasteiger partial charge on any atom is 0.140 e. The van der Waals surface area contributed by atoms with Crippen LogP contribution in [0.3, 0.4) is 0 Å². The van der Waals surface area contributed by atoms with E-state index in [4.69, 9.17) is 11.6 Å². The molecular formula is C13H19ClN4S. The van der Waals surface area contributed by atoms with E-state index >= 15 is 0 Å². The van der Waals surface area contributed by atoms with Gasteiger partial charge in [0.25, 0.3) is 0 Å². The molecule has 1 atom stereocenters. The smallest absolute Gasteiger partial charge is 0.140 e. The molecule has 0 saturated heterocycles. The minimum atomic E-state index is 0.265. The Hall–Kier alpha value is -0.910. The molecule has 0 aliphatic carbocycles. The van der Waals surface area contributed by atoms with Gasteiger partial charge in [0, 0.05) is 17.5 Å². The van der Waals surface area contributed by atoms with Gasteiger partial charge in [-0.05, 0) is 25.0 Å². The average molecular weight is 299 g/mol. The Balaban J connectivity index is 1.93. The Morgan fingerprint density at radius 2 is 2.16 bits per heavy atom. The van der Waals surface area contributed by atoms with Crippen molar-refractivity contribution in [2.24, 2.45) is 5.92 Å². The molecule has 2 aromatic rings. The predicted molar refractivity (Wildman–Crippen MR) is 79.4 cm³/mol. The number of thiophene rings is 1. The molecule has 19 heavy (non-hydrogen) atoms. The van der Waals surface area contributed by atoms with Crippen molar-refractivity contribution in [2.45, 2.75) is 39.9 Å². The van der Waals surface area contributed by atoms with Gasteiger partial charge < -0.3 is 5.32 Å². The highest BCUT2D eigenvalue weighted by molar-refractivity contribution is 7.16. The Morgan fingerprint density at radius 1 is 1.37 bits per heavy atom. The zero-order valence-electron chi connectivity index (χ0n) is 11.4. The number of halogens is 1. The second kappa shape index (κ2) is 6.50. The van der Waals surface area contributed by atoms with Crippen molar-refractivity contribution in [3.63, 3.8) is 0 Å². The molecule has 0 aliphatic heterocycles. The quantitative estimate of drug-likeness (QED) is 0.887. The lowest BCUT2D eigenvalue weighted by molar-refractivity contribution is 0.450. The molecule has 0 amide bonds. The van der Waals surface area contributed by atoms with Gasteiger partial charge in [0.05, 0.1) is 10.9 Å². The fourth-order valence-electron chi connectivity index (χ4n) is 1.83. The normalized spacial score (nSPS) is 13.1. The summed E-state index contributed by atoms with van der Waals surface area (Å²) in [7, 11) is 0. The van der Waals surface area contributed by atoms with Crippen molar-refractivity contribution in [1.82, 2.24) is 20.1 Å². The molecule has 1 unspecified atom stereocenters. The van der Waals surface area contributed by atoms with E-state index in [-0.39, 0.29) is 6.04 Å². The number of nitrogens with zero attached hydrogens (tertiary/aromatic N) is 3. The van der Waals surface area contributed by atoms with Gasteiger partial charge in [-0.25, -0.2) is 9.67 Å². The lowest BCUT2D eigenvalue weighted by atomic mass is 10.2. The first-order valence-electron chi connectivity index (χ1n) is 6.41. The largest absolute Gasteiger partial charge is 0.302 e. The number of hydrogen-bond acceptors (Lipinski definition) is 4. The van der Waals surface area contributed by atoms with Gasteiger partial charge >= 0.3 is 0 Å². The van der Waals surface area contributed by atoms with Crippen LogP contribution in [0.25, 0.3) is 0 Å². The van der Waals surface area contributed by atoms with Gasteiger partial charge in [0.15, 0.2) is 0 Å². The zero-order valence-corrected chi connectivity index (χ0v) is 13.0. The highest BCUT2D eigenvalue weighted by Crippen LogP contribution is 2.26. The summed E-state index contributed by atoms with van der Waals surface area (Å²) in [4.78, 5) is 5.54. The van der Waals surface area contributed by atoms with Crippen LogP contribution >= 0.6 is 22.9 Å². The Bertz CT molecular complexity index is 520. The molecule has 0 aromatic carbocycles. The summed E-state index contributed by atoms with van der Waals surface area (Å²) in [6.07, 6.45) is 1.62. The summed E-state index contributed by atoms with van der Waals surface area (Å²) in [5.74, 6) is 1.54. The summed E-state index contributed by atoms with van der Waals surface area (Å²) in [5, 5.41) is 7.71. The SMILES string of the molecule is CC(C)Cn1ncnc1CNC(C)c1ccc(Cl)s1. The van der Waals surface area contributed by atoms with E-state index in [0.29, 0.717) is 12.5 Å². The van der Waals surface area contributed by atoms with Crippen molar-refractivity contribution >= 4 is 22.9 Å². The average Bonchev–Trinajstić information content (AvgIpc) is 2.95. The molecule has 0 saturated carbocycles.